The van der Waals surface area contributed by atoms with E-state index in [2.05, 4.69) is 21.2 Å². The van der Waals surface area contributed by atoms with Gasteiger partial charge < -0.3 is 5.32 Å². The van der Waals surface area contributed by atoms with Crippen LogP contribution < -0.4 is 5.32 Å². The molecule has 0 atom stereocenters. The van der Waals surface area contributed by atoms with Crippen molar-refractivity contribution in [2.75, 3.05) is 14.1 Å². The molecule has 21 heavy (non-hydrogen) atoms. The number of nitrogens with one attached hydrogen (secondary N) is 1. The zero-order valence-corrected chi connectivity index (χ0v) is 14.2. The summed E-state index contributed by atoms with van der Waals surface area (Å²) < 4.78 is 0.923. The molecule has 0 spiro atoms. The van der Waals surface area contributed by atoms with Gasteiger partial charge in [-0.25, -0.2) is 0 Å². The Morgan fingerprint density at radius 2 is 1.81 bits per heavy atom. The Balaban J connectivity index is 0.000000677. The molecule has 0 saturated carbocycles. The summed E-state index contributed by atoms with van der Waals surface area (Å²) in [5.41, 5.74) is 1.53. The Kier molecular flexibility index (Phi) is 7.97. The van der Waals surface area contributed by atoms with Gasteiger partial charge in [-0.2, -0.15) is 0 Å². The number of hydrogen-bond acceptors (Lipinski definition) is 4. The van der Waals surface area contributed by atoms with Crippen LogP contribution in [0.25, 0.3) is 16.8 Å². The average Bonchev–Trinajstić information content (AvgIpc) is 2.50. The van der Waals surface area contributed by atoms with Crippen molar-refractivity contribution >= 4 is 56.4 Å². The Morgan fingerprint density at radius 3 is 2.43 bits per heavy atom. The molecule has 2 aromatic rings. The van der Waals surface area contributed by atoms with Crippen LogP contribution in [0.3, 0.4) is 0 Å². The zero-order chi connectivity index (χ0) is 15.7. The molecule has 0 radical (unpaired) electrons. The first kappa shape index (κ1) is 17.6. The number of rotatable bonds is 4. The Bertz CT molecular complexity index is 656. The Labute approximate surface area is 136 Å². The number of fused-ring (bicyclic) bond motifs is 1. The van der Waals surface area contributed by atoms with Crippen LogP contribution in [-0.4, -0.2) is 26.0 Å². The molecule has 0 aliphatic rings. The number of halogens is 1. The lowest BCUT2D eigenvalue weighted by Gasteiger charge is -2.04. The number of hydrogen-bond donors (Lipinski definition) is 1. The maximum Gasteiger partial charge on any atom is 0.181 e. The second-order valence-corrected chi connectivity index (χ2v) is 5.76. The van der Waals surface area contributed by atoms with Gasteiger partial charge >= 0.3 is 0 Å². The van der Waals surface area contributed by atoms with Crippen molar-refractivity contribution in [3.8, 4) is 0 Å². The fourth-order valence-corrected chi connectivity index (χ4v) is 2.64. The van der Waals surface area contributed by atoms with Crippen molar-refractivity contribution < 1.29 is 9.59 Å². The third kappa shape index (κ3) is 5.12. The molecule has 3 nitrogen and oxygen atoms in total. The van der Waals surface area contributed by atoms with Crippen molar-refractivity contribution in [3.05, 3.63) is 51.3 Å². The van der Waals surface area contributed by atoms with Crippen molar-refractivity contribution in [1.29, 1.82) is 0 Å². The molecule has 0 aliphatic heterocycles. The molecule has 0 saturated heterocycles. The minimum Gasteiger partial charge on any atom is -0.323 e. The van der Waals surface area contributed by atoms with Gasteiger partial charge in [0.2, 0.25) is 0 Å². The highest BCUT2D eigenvalue weighted by atomic mass is 79.9. The van der Waals surface area contributed by atoms with Gasteiger partial charge in [-0.3, -0.25) is 9.59 Å². The first-order chi connectivity index (χ1) is 10.2. The van der Waals surface area contributed by atoms with Crippen LogP contribution >= 0.6 is 27.7 Å². The van der Waals surface area contributed by atoms with E-state index in [9.17, 15) is 9.59 Å². The predicted octanol–water partition coefficient (Wildman–Crippen LogP) is 3.90. The zero-order valence-electron chi connectivity index (χ0n) is 11.8. The summed E-state index contributed by atoms with van der Waals surface area (Å²) in [5, 5.41) is 4.95. The van der Waals surface area contributed by atoms with Crippen molar-refractivity contribution in [2.24, 2.45) is 0 Å². The second kappa shape index (κ2) is 9.50. The van der Waals surface area contributed by atoms with E-state index in [1.54, 1.807) is 6.08 Å². The number of carbonyl (C=O) groups excluding carboxylic acids is 2. The Hall–Kier alpha value is -1.43. The lowest BCUT2D eigenvalue weighted by atomic mass is 10.1. The molecule has 5 heteroatoms. The molecule has 0 heterocycles. The summed E-state index contributed by atoms with van der Waals surface area (Å²) in [6.07, 6.45) is 2.38. The maximum absolute atomic E-state index is 10.8. The predicted molar refractivity (Wildman–Crippen MR) is 95.0 cm³/mol. The van der Waals surface area contributed by atoms with Gasteiger partial charge in [0.05, 0.1) is 4.91 Å². The summed E-state index contributed by atoms with van der Waals surface area (Å²) >= 11 is 4.41. The van der Waals surface area contributed by atoms with E-state index in [0.29, 0.717) is 16.8 Å². The number of allylic oxidation sites excluding steroid dienone is 1. The molecule has 0 fully saturated rings. The summed E-state index contributed by atoms with van der Waals surface area (Å²) in [5.74, 6) is 0. The molecule has 2 rings (SSSR count). The minimum absolute atomic E-state index is 0.390. The van der Waals surface area contributed by atoms with Gasteiger partial charge in [0.15, 0.2) is 11.9 Å². The van der Waals surface area contributed by atoms with Crippen LogP contribution in [-0.2, 0) is 9.59 Å². The monoisotopic (exact) mass is 365 g/mol. The summed E-state index contributed by atoms with van der Waals surface area (Å²) in [7, 11) is 3.75. The minimum atomic E-state index is 0.390. The van der Waals surface area contributed by atoms with Crippen molar-refractivity contribution in [1.82, 2.24) is 5.32 Å². The van der Waals surface area contributed by atoms with Crippen LogP contribution in [0.5, 0.6) is 0 Å². The van der Waals surface area contributed by atoms with E-state index in [-0.39, 0.29) is 0 Å². The third-order valence-corrected chi connectivity index (χ3v) is 3.96. The van der Waals surface area contributed by atoms with Gasteiger partial charge in [0, 0.05) is 4.47 Å². The van der Waals surface area contributed by atoms with Crippen LogP contribution in [0.4, 0.5) is 0 Å². The number of aldehydes is 1. The maximum atomic E-state index is 10.8. The van der Waals surface area contributed by atoms with E-state index < -0.39 is 0 Å². The van der Waals surface area contributed by atoms with Gasteiger partial charge in [-0.05, 0) is 52.4 Å². The molecule has 1 N–H and O–H groups in total. The van der Waals surface area contributed by atoms with E-state index in [4.69, 9.17) is 0 Å². The topological polar surface area (TPSA) is 46.2 Å². The van der Waals surface area contributed by atoms with Crippen molar-refractivity contribution in [3.63, 3.8) is 0 Å². The lowest BCUT2D eigenvalue weighted by molar-refractivity contribution is -0.104. The lowest BCUT2D eigenvalue weighted by Crippen LogP contribution is -1.89. The molecule has 0 aliphatic carbocycles. The van der Waals surface area contributed by atoms with E-state index >= 15 is 0 Å². The summed E-state index contributed by atoms with van der Waals surface area (Å²) in [4.78, 5) is 21.6. The van der Waals surface area contributed by atoms with Crippen molar-refractivity contribution in [2.45, 2.75) is 0 Å². The number of carbonyl (C=O) groups is 2. The van der Waals surface area contributed by atoms with Crippen LogP contribution in [0.1, 0.15) is 5.56 Å². The Morgan fingerprint density at radius 1 is 1.14 bits per heavy atom. The van der Waals surface area contributed by atoms with E-state index in [0.717, 1.165) is 32.6 Å². The highest BCUT2D eigenvalue weighted by molar-refractivity contribution is 9.10. The molecule has 2 aromatic carbocycles. The second-order valence-electron chi connectivity index (χ2n) is 4.07. The fourth-order valence-electron chi connectivity index (χ4n) is 1.67. The third-order valence-electron chi connectivity index (χ3n) is 2.49. The molecule has 0 bridgehead atoms. The SMILES string of the molecule is CNC.O=CS/C(C=O)=C\c1ccc2ccccc2c1Br. The van der Waals surface area contributed by atoms with Gasteiger partial charge in [0.1, 0.15) is 0 Å². The molecule has 0 aromatic heterocycles. The van der Waals surface area contributed by atoms with Crippen LogP contribution in [0.15, 0.2) is 45.8 Å². The number of benzene rings is 2. The normalized spacial score (nSPS) is 10.7. The summed E-state index contributed by atoms with van der Waals surface area (Å²) in [6, 6.07) is 11.9. The van der Waals surface area contributed by atoms with Crippen LogP contribution in [0, 0.1) is 0 Å². The molecule has 110 valence electrons. The molecular weight excluding hydrogens is 350 g/mol. The standard InChI is InChI=1S/C14H9BrO2S.C2H7N/c15-14-11(7-12(8-16)18-9-17)6-5-10-3-1-2-4-13(10)14;1-3-2/h1-9H;3H,1-2H3/b12-7-;. The summed E-state index contributed by atoms with van der Waals surface area (Å²) in [6.45, 7) is 0. The first-order valence-corrected chi connectivity index (χ1v) is 7.88. The van der Waals surface area contributed by atoms with E-state index in [1.807, 2.05) is 50.5 Å². The van der Waals surface area contributed by atoms with Crippen LogP contribution in [0.2, 0.25) is 0 Å². The highest BCUT2D eigenvalue weighted by Gasteiger charge is 2.04. The van der Waals surface area contributed by atoms with Gasteiger partial charge in [-0.15, -0.1) is 0 Å². The average molecular weight is 366 g/mol. The fraction of sp³-hybridized carbons (Fsp3) is 0.125. The quantitative estimate of drug-likeness (QED) is 0.659. The molecule has 0 unspecified atom stereocenters. The number of thioether (sulfide) groups is 1. The first-order valence-electron chi connectivity index (χ1n) is 6.20. The van der Waals surface area contributed by atoms with Gasteiger partial charge in [-0.1, -0.05) is 48.2 Å². The van der Waals surface area contributed by atoms with Gasteiger partial charge in [0.25, 0.3) is 0 Å². The smallest absolute Gasteiger partial charge is 0.181 e. The largest absolute Gasteiger partial charge is 0.323 e. The highest BCUT2D eigenvalue weighted by Crippen LogP contribution is 2.30. The van der Waals surface area contributed by atoms with E-state index in [1.165, 1.54) is 0 Å². The molecule has 0 amide bonds. The molecular formula is C16H16BrNO2S.